The van der Waals surface area contributed by atoms with Crippen LogP contribution >= 0.6 is 27.3 Å². The molecule has 3 atom stereocenters. The summed E-state index contributed by atoms with van der Waals surface area (Å²) in [7, 11) is -3.41. The Hall–Kier alpha value is -1.42. The van der Waals surface area contributed by atoms with Gasteiger partial charge in [-0.05, 0) is 39.5 Å². The highest BCUT2D eigenvalue weighted by Crippen LogP contribution is 2.48. The number of hydrogen-bond acceptors (Lipinski definition) is 4. The number of hydrogen-bond donors (Lipinski definition) is 3. The molecule has 0 unspecified atom stereocenters. The Bertz CT molecular complexity index is 802. The SMILES string of the molecule is C[C@H]1[C@H](NS(=O)(=O)c2ccc(Br)s2)[C@H]1c1ccccc1.O=C(O)O. The van der Waals surface area contributed by atoms with E-state index >= 15 is 0 Å². The van der Waals surface area contributed by atoms with Gasteiger partial charge in [0.15, 0.2) is 0 Å². The lowest BCUT2D eigenvalue weighted by molar-refractivity contribution is 0.137. The molecule has 0 bridgehead atoms. The minimum absolute atomic E-state index is 0.0109. The van der Waals surface area contributed by atoms with E-state index in [1.165, 1.54) is 16.9 Å². The van der Waals surface area contributed by atoms with E-state index in [2.05, 4.69) is 39.7 Å². The molecular weight excluding hydrogens is 418 g/mol. The monoisotopic (exact) mass is 433 g/mol. The lowest BCUT2D eigenvalue weighted by atomic mass is 10.1. The maximum Gasteiger partial charge on any atom is 0.503 e. The molecule has 3 N–H and O–H groups in total. The minimum atomic E-state index is -3.41. The number of halogens is 1. The lowest BCUT2D eigenvalue weighted by Crippen LogP contribution is -2.27. The summed E-state index contributed by atoms with van der Waals surface area (Å²) in [5, 5.41) is 13.9. The smallest absolute Gasteiger partial charge is 0.450 e. The van der Waals surface area contributed by atoms with E-state index in [0.717, 1.165) is 3.79 Å². The molecular formula is C15H16BrNO5S2. The molecule has 0 saturated heterocycles. The second kappa shape index (κ2) is 7.64. The predicted molar refractivity (Wildman–Crippen MR) is 95.1 cm³/mol. The van der Waals surface area contributed by atoms with E-state index in [9.17, 15) is 8.42 Å². The van der Waals surface area contributed by atoms with Gasteiger partial charge in [-0.15, -0.1) is 11.3 Å². The molecule has 9 heteroatoms. The molecule has 1 fully saturated rings. The van der Waals surface area contributed by atoms with Gasteiger partial charge in [0, 0.05) is 12.0 Å². The molecule has 1 saturated carbocycles. The Kier molecular flexibility index (Phi) is 6.02. The molecule has 1 aromatic carbocycles. The first-order valence-corrected chi connectivity index (χ1v) is 10.1. The molecule has 0 aliphatic heterocycles. The van der Waals surface area contributed by atoms with Gasteiger partial charge in [0.2, 0.25) is 10.0 Å². The minimum Gasteiger partial charge on any atom is -0.450 e. The highest BCUT2D eigenvalue weighted by molar-refractivity contribution is 9.11. The van der Waals surface area contributed by atoms with Gasteiger partial charge in [-0.3, -0.25) is 0 Å². The third kappa shape index (κ3) is 4.79. The van der Waals surface area contributed by atoms with Crippen molar-refractivity contribution in [3.05, 3.63) is 51.8 Å². The fourth-order valence-electron chi connectivity index (χ4n) is 2.51. The largest absolute Gasteiger partial charge is 0.503 e. The molecule has 0 amide bonds. The number of sulfonamides is 1. The van der Waals surface area contributed by atoms with Crippen molar-refractivity contribution in [2.24, 2.45) is 5.92 Å². The Morgan fingerprint density at radius 1 is 1.17 bits per heavy atom. The molecule has 6 nitrogen and oxygen atoms in total. The predicted octanol–water partition coefficient (Wildman–Crippen LogP) is 3.81. The Balaban J connectivity index is 0.000000471. The zero-order chi connectivity index (χ0) is 17.9. The fourth-order valence-corrected chi connectivity index (χ4v) is 5.89. The van der Waals surface area contributed by atoms with E-state index < -0.39 is 16.2 Å². The summed E-state index contributed by atoms with van der Waals surface area (Å²) in [6.45, 7) is 2.08. The summed E-state index contributed by atoms with van der Waals surface area (Å²) in [4.78, 5) is 8.56. The molecule has 24 heavy (non-hydrogen) atoms. The van der Waals surface area contributed by atoms with Crippen molar-refractivity contribution in [3.63, 3.8) is 0 Å². The summed E-state index contributed by atoms with van der Waals surface area (Å²) in [5.41, 5.74) is 1.19. The third-order valence-electron chi connectivity index (χ3n) is 3.67. The van der Waals surface area contributed by atoms with Crippen LogP contribution < -0.4 is 4.72 Å². The van der Waals surface area contributed by atoms with Gasteiger partial charge in [0.05, 0.1) is 3.79 Å². The number of carbonyl (C=O) groups is 1. The van der Waals surface area contributed by atoms with E-state index in [0.29, 0.717) is 10.1 Å². The highest BCUT2D eigenvalue weighted by Gasteiger charge is 2.49. The molecule has 1 aliphatic carbocycles. The van der Waals surface area contributed by atoms with Crippen LogP contribution in [0.4, 0.5) is 4.79 Å². The summed E-state index contributed by atoms with van der Waals surface area (Å²) in [6.07, 6.45) is -1.83. The molecule has 0 radical (unpaired) electrons. The van der Waals surface area contributed by atoms with Crippen molar-refractivity contribution in [2.45, 2.75) is 23.1 Å². The summed E-state index contributed by atoms with van der Waals surface area (Å²) in [5.74, 6) is 0.602. The average Bonchev–Trinajstić information content (AvgIpc) is 2.91. The number of benzene rings is 1. The first-order valence-electron chi connectivity index (χ1n) is 6.97. The molecule has 1 aliphatic rings. The van der Waals surface area contributed by atoms with Crippen molar-refractivity contribution >= 4 is 43.4 Å². The van der Waals surface area contributed by atoms with E-state index in [4.69, 9.17) is 15.0 Å². The van der Waals surface area contributed by atoms with Crippen molar-refractivity contribution in [1.82, 2.24) is 4.72 Å². The number of thiophene rings is 1. The second-order valence-electron chi connectivity index (χ2n) is 5.28. The van der Waals surface area contributed by atoms with Crippen LogP contribution in [0.1, 0.15) is 18.4 Å². The maximum atomic E-state index is 12.3. The van der Waals surface area contributed by atoms with Crippen LogP contribution in [-0.4, -0.2) is 30.8 Å². The standard InChI is InChI=1S/C14H14BrNO2S2.CH2O3/c1-9-13(10-5-3-2-4-6-10)14(9)16-20(17,18)12-8-7-11(15)19-12;2-1(3)4/h2-9,13-14,16H,1H3;(H2,2,3,4)/t9-,13-,14+;/m1./s1. The van der Waals surface area contributed by atoms with Crippen LogP contribution in [0.15, 0.2) is 50.5 Å². The van der Waals surface area contributed by atoms with Gasteiger partial charge in [-0.1, -0.05) is 37.3 Å². The summed E-state index contributed by atoms with van der Waals surface area (Å²) in [6, 6.07) is 13.4. The first-order chi connectivity index (χ1) is 11.2. The van der Waals surface area contributed by atoms with Crippen molar-refractivity contribution in [2.75, 3.05) is 0 Å². The van der Waals surface area contributed by atoms with Crippen LogP contribution in [-0.2, 0) is 10.0 Å². The Morgan fingerprint density at radius 2 is 1.75 bits per heavy atom. The molecule has 1 aromatic heterocycles. The quantitative estimate of drug-likeness (QED) is 0.679. The number of carboxylic acid groups (broad SMARTS) is 2. The van der Waals surface area contributed by atoms with E-state index in [-0.39, 0.29) is 12.0 Å². The van der Waals surface area contributed by atoms with Gasteiger partial charge in [-0.25, -0.2) is 17.9 Å². The van der Waals surface area contributed by atoms with Crippen LogP contribution in [0.3, 0.4) is 0 Å². The van der Waals surface area contributed by atoms with Crippen molar-refractivity contribution in [3.8, 4) is 0 Å². The first kappa shape index (κ1) is 18.9. The molecule has 2 aromatic rings. The Labute approximate surface area is 152 Å². The third-order valence-corrected chi connectivity index (χ3v) is 7.24. The second-order valence-corrected chi connectivity index (χ2v) is 9.69. The van der Waals surface area contributed by atoms with E-state index in [1.807, 2.05) is 18.2 Å². The Morgan fingerprint density at radius 3 is 2.25 bits per heavy atom. The topological polar surface area (TPSA) is 104 Å². The summed E-state index contributed by atoms with van der Waals surface area (Å²) < 4.78 is 28.6. The van der Waals surface area contributed by atoms with Gasteiger partial charge >= 0.3 is 6.16 Å². The van der Waals surface area contributed by atoms with Crippen molar-refractivity contribution < 1.29 is 23.4 Å². The van der Waals surface area contributed by atoms with Gasteiger partial charge < -0.3 is 10.2 Å². The zero-order valence-corrected chi connectivity index (χ0v) is 15.8. The molecule has 3 rings (SSSR count). The van der Waals surface area contributed by atoms with Crippen LogP contribution in [0.5, 0.6) is 0 Å². The van der Waals surface area contributed by atoms with Gasteiger partial charge in [0.1, 0.15) is 4.21 Å². The van der Waals surface area contributed by atoms with Crippen molar-refractivity contribution in [1.29, 1.82) is 0 Å². The number of rotatable bonds is 4. The van der Waals surface area contributed by atoms with Crippen LogP contribution in [0, 0.1) is 5.92 Å². The normalized spacial score (nSPS) is 22.3. The fraction of sp³-hybridized carbons (Fsp3) is 0.267. The molecule has 130 valence electrons. The lowest BCUT2D eigenvalue weighted by Gasteiger charge is -2.04. The molecule has 1 heterocycles. The molecule has 0 spiro atoms. The van der Waals surface area contributed by atoms with Crippen LogP contribution in [0.2, 0.25) is 0 Å². The maximum absolute atomic E-state index is 12.3. The van der Waals surface area contributed by atoms with E-state index in [1.54, 1.807) is 12.1 Å². The van der Waals surface area contributed by atoms with Crippen LogP contribution in [0.25, 0.3) is 0 Å². The number of nitrogens with one attached hydrogen (secondary N) is 1. The zero-order valence-electron chi connectivity index (χ0n) is 12.6. The van der Waals surface area contributed by atoms with Gasteiger partial charge in [0.25, 0.3) is 0 Å². The van der Waals surface area contributed by atoms with Gasteiger partial charge in [-0.2, -0.15) is 0 Å². The summed E-state index contributed by atoms with van der Waals surface area (Å²) >= 11 is 4.52. The highest BCUT2D eigenvalue weighted by atomic mass is 79.9. The average molecular weight is 434 g/mol.